The van der Waals surface area contributed by atoms with Crippen LogP contribution < -0.4 is 5.56 Å². The molecule has 140 valence electrons. The average Bonchev–Trinajstić information content (AvgIpc) is 2.87. The predicted octanol–water partition coefficient (Wildman–Crippen LogP) is 4.13. The molecule has 9 nitrogen and oxygen atoms in total. The van der Waals surface area contributed by atoms with Gasteiger partial charge in [0.05, 0.1) is 16.3 Å². The third-order valence-electron chi connectivity index (χ3n) is 3.63. The van der Waals surface area contributed by atoms with E-state index in [1.54, 1.807) is 31.2 Å². The number of phenolic OH excluding ortho intramolecular Hbond substituents is 1. The first kappa shape index (κ1) is 18.8. The predicted molar refractivity (Wildman–Crippen MR) is 100 cm³/mol. The molecule has 0 radical (unpaired) electrons. The van der Waals surface area contributed by atoms with Gasteiger partial charge in [-0.15, -0.1) is 10.2 Å². The molecule has 27 heavy (non-hydrogen) atoms. The minimum Gasteiger partial charge on any atom is -0.506 e. The van der Waals surface area contributed by atoms with Gasteiger partial charge in [0.1, 0.15) is 11.4 Å². The van der Waals surface area contributed by atoms with Gasteiger partial charge in [-0.05, 0) is 43.3 Å². The number of aryl methyl sites for hydroxylation is 1. The second kappa shape index (κ2) is 6.99. The standard InChI is InChI=1S/C16H14ClN5O4S/c1-9-15(16(24)22(21-9)11-4-2-3-10(17)7-11)20-19-13-8-12(27(18,25)26)5-6-14(13)23/h2-8,21,23H,1H3,(H2,18,25,26). The van der Waals surface area contributed by atoms with E-state index in [1.165, 1.54) is 4.68 Å². The van der Waals surface area contributed by atoms with Crippen LogP contribution in [0.4, 0.5) is 11.4 Å². The summed E-state index contributed by atoms with van der Waals surface area (Å²) in [7, 11) is -3.97. The fraction of sp³-hybridized carbons (Fsp3) is 0.0625. The fourth-order valence-corrected chi connectivity index (χ4v) is 3.02. The first-order chi connectivity index (χ1) is 12.7. The largest absolute Gasteiger partial charge is 0.506 e. The normalized spacial score (nSPS) is 13.7. The minimum atomic E-state index is -3.97. The highest BCUT2D eigenvalue weighted by atomic mass is 35.5. The molecule has 0 bridgehead atoms. The molecule has 1 aromatic heterocycles. The van der Waals surface area contributed by atoms with Crippen molar-refractivity contribution in [1.82, 2.24) is 9.78 Å². The molecule has 2 aromatic carbocycles. The smallest absolute Gasteiger partial charge is 0.299 e. The number of aromatic nitrogens is 2. The highest BCUT2D eigenvalue weighted by Crippen LogP contribution is 2.30. The third kappa shape index (κ3) is 3.92. The van der Waals surface area contributed by atoms with Crippen LogP contribution in [0, 0.1) is 11.7 Å². The monoisotopic (exact) mass is 407 g/mol. The van der Waals surface area contributed by atoms with E-state index < -0.39 is 15.6 Å². The highest BCUT2D eigenvalue weighted by Gasteiger charge is 2.14. The Morgan fingerprint density at radius 2 is 1.96 bits per heavy atom. The molecule has 0 aliphatic rings. The van der Waals surface area contributed by atoms with Crippen LogP contribution in [-0.2, 0) is 10.0 Å². The van der Waals surface area contributed by atoms with Crippen molar-refractivity contribution in [3.63, 3.8) is 0 Å². The molecular formula is C16H14ClN5O4S. The van der Waals surface area contributed by atoms with Crippen LogP contribution in [0.15, 0.2) is 62.4 Å². The lowest BCUT2D eigenvalue weighted by atomic mass is 10.3. The van der Waals surface area contributed by atoms with Crippen LogP contribution in [0.1, 0.15) is 5.69 Å². The van der Waals surface area contributed by atoms with Gasteiger partial charge in [-0.3, -0.25) is 14.4 Å². The molecule has 0 aliphatic heterocycles. The Bertz CT molecular complexity index is 1210. The zero-order valence-electron chi connectivity index (χ0n) is 13.9. The summed E-state index contributed by atoms with van der Waals surface area (Å²) in [5.74, 6) is -0.311. The number of benzene rings is 2. The van der Waals surface area contributed by atoms with Crippen molar-refractivity contribution in [2.45, 2.75) is 11.8 Å². The maximum Gasteiger partial charge on any atom is 0.299 e. The number of phenols is 1. The second-order valence-electron chi connectivity index (χ2n) is 5.58. The van der Waals surface area contributed by atoms with Crippen LogP contribution in [-0.4, -0.2) is 23.6 Å². The van der Waals surface area contributed by atoms with Gasteiger partial charge in [0, 0.05) is 5.02 Å². The van der Waals surface area contributed by atoms with Crippen molar-refractivity contribution in [2.24, 2.45) is 10.2 Å². The van der Waals surface area contributed by atoms with Crippen LogP contribution in [0.25, 0.3) is 5.69 Å². The van der Waals surface area contributed by atoms with Gasteiger partial charge in [0.2, 0.25) is 0 Å². The van der Waals surface area contributed by atoms with Gasteiger partial charge >= 0.3 is 0 Å². The molecule has 0 aliphatic carbocycles. The Balaban J connectivity index is 2.04. The molecule has 0 spiro atoms. The Morgan fingerprint density at radius 3 is 2.63 bits per heavy atom. The Hall–Kier alpha value is -2.95. The summed E-state index contributed by atoms with van der Waals surface area (Å²) in [6.45, 7) is 1.62. The number of nitrogens with zero attached hydrogens (tertiary/aromatic N) is 3. The Morgan fingerprint density at radius 1 is 1.22 bits per heavy atom. The highest BCUT2D eigenvalue weighted by molar-refractivity contribution is 7.86. The fourth-order valence-electron chi connectivity index (χ4n) is 2.31. The van der Waals surface area contributed by atoms with Crippen LogP contribution in [0.2, 0.25) is 5.02 Å². The summed E-state index contributed by atoms with van der Waals surface area (Å²) in [4.78, 5) is 12.4. The molecule has 3 aromatic rings. The van der Waals surface area contributed by atoms with E-state index in [9.17, 15) is 18.7 Å². The van der Waals surface area contributed by atoms with Crippen molar-refractivity contribution in [3.8, 4) is 11.4 Å². The maximum atomic E-state index is 12.6. The second-order valence-corrected chi connectivity index (χ2v) is 7.54. The zero-order chi connectivity index (χ0) is 19.8. The number of halogens is 1. The van der Waals surface area contributed by atoms with Crippen molar-refractivity contribution < 1.29 is 13.9 Å². The van der Waals surface area contributed by atoms with Crippen LogP contribution in [0.3, 0.4) is 0 Å². The van der Waals surface area contributed by atoms with Gasteiger partial charge in [-0.25, -0.2) is 13.7 Å². The van der Waals surface area contributed by atoms with E-state index >= 15 is 0 Å². The Labute approximate surface area is 158 Å². The summed E-state index contributed by atoms with van der Waals surface area (Å²) in [5, 5.41) is 20.8. The molecule has 0 saturated heterocycles. The van der Waals surface area contributed by atoms with E-state index in [4.69, 9.17) is 16.4 Å². The first-order valence-electron chi connectivity index (χ1n) is 7.50. The molecule has 3 rings (SSSR count). The molecule has 4 N–H and O–H groups in total. The number of aromatic amines is 1. The molecule has 0 fully saturated rings. The summed E-state index contributed by atoms with van der Waals surface area (Å²) in [6, 6.07) is 9.98. The summed E-state index contributed by atoms with van der Waals surface area (Å²) in [6.07, 6.45) is 0. The SMILES string of the molecule is Cc1[nH]n(-c2cccc(Cl)c2)c(=O)c1N=Nc1cc(S(=N)(=O)O)ccc1O. The summed E-state index contributed by atoms with van der Waals surface area (Å²) in [5.41, 5.74) is 0.300. The maximum absolute atomic E-state index is 12.6. The van der Waals surface area contributed by atoms with E-state index in [-0.39, 0.29) is 22.0 Å². The summed E-state index contributed by atoms with van der Waals surface area (Å²) < 4.78 is 29.1. The number of azo groups is 1. The molecule has 1 atom stereocenters. The number of nitrogens with one attached hydrogen (secondary N) is 2. The van der Waals surface area contributed by atoms with Gasteiger partial charge in [0.15, 0.2) is 15.7 Å². The van der Waals surface area contributed by atoms with E-state index in [0.29, 0.717) is 16.4 Å². The zero-order valence-corrected chi connectivity index (χ0v) is 15.5. The van der Waals surface area contributed by atoms with Gasteiger partial charge in [-0.2, -0.15) is 0 Å². The van der Waals surface area contributed by atoms with Crippen molar-refractivity contribution in [3.05, 3.63) is 63.5 Å². The third-order valence-corrected chi connectivity index (χ3v) is 4.76. The number of hydrogen-bond donors (Lipinski definition) is 4. The number of H-pyrrole nitrogens is 1. The van der Waals surface area contributed by atoms with Crippen molar-refractivity contribution in [1.29, 1.82) is 4.78 Å². The van der Waals surface area contributed by atoms with Crippen LogP contribution in [0.5, 0.6) is 5.75 Å². The van der Waals surface area contributed by atoms with E-state index in [0.717, 1.165) is 18.2 Å². The number of aromatic hydroxyl groups is 1. The number of hydrogen-bond acceptors (Lipinski definition) is 6. The van der Waals surface area contributed by atoms with Crippen LogP contribution >= 0.6 is 11.6 Å². The van der Waals surface area contributed by atoms with E-state index in [1.807, 2.05) is 0 Å². The summed E-state index contributed by atoms with van der Waals surface area (Å²) >= 11 is 5.95. The Kier molecular flexibility index (Phi) is 4.87. The molecule has 0 amide bonds. The molecule has 1 unspecified atom stereocenters. The molecule has 0 saturated carbocycles. The van der Waals surface area contributed by atoms with Crippen molar-refractivity contribution in [2.75, 3.05) is 0 Å². The number of rotatable bonds is 4. The van der Waals surface area contributed by atoms with Gasteiger partial charge in [0.25, 0.3) is 5.56 Å². The average molecular weight is 408 g/mol. The lowest BCUT2D eigenvalue weighted by Crippen LogP contribution is -2.13. The lowest BCUT2D eigenvalue weighted by Gasteiger charge is -2.02. The van der Waals surface area contributed by atoms with Gasteiger partial charge in [-0.1, -0.05) is 17.7 Å². The topological polar surface area (TPSA) is 144 Å². The quantitative estimate of drug-likeness (QED) is 0.482. The molecular weight excluding hydrogens is 394 g/mol. The molecule has 1 heterocycles. The lowest BCUT2D eigenvalue weighted by molar-refractivity contribution is 0.475. The molecule has 11 heteroatoms. The van der Waals surface area contributed by atoms with Crippen molar-refractivity contribution >= 4 is 33.0 Å². The first-order valence-corrected chi connectivity index (χ1v) is 9.39. The van der Waals surface area contributed by atoms with Gasteiger partial charge < -0.3 is 5.11 Å². The minimum absolute atomic E-state index is 0.00427. The van der Waals surface area contributed by atoms with E-state index in [2.05, 4.69) is 15.3 Å².